The SMILES string of the molecule is Cc1ccc(Cl)cc1-c1ccc(CN2CCNC(c3ccccc3)C2)cc1. The molecule has 3 aromatic carbocycles. The Morgan fingerprint density at radius 3 is 2.56 bits per heavy atom. The first-order valence-electron chi connectivity index (χ1n) is 9.55. The standard InChI is InChI=1S/C24H25ClN2/c1-18-7-12-22(25)15-23(18)20-10-8-19(9-11-20)16-27-14-13-26-24(17-27)21-5-3-2-4-6-21/h2-12,15,24,26H,13-14,16-17H2,1H3. The Balaban J connectivity index is 1.44. The van der Waals surface area contributed by atoms with Crippen LogP contribution in [0.15, 0.2) is 72.8 Å². The molecule has 0 radical (unpaired) electrons. The first-order chi connectivity index (χ1) is 13.2. The molecule has 2 nitrogen and oxygen atoms in total. The smallest absolute Gasteiger partial charge is 0.0449 e. The molecule has 0 aliphatic carbocycles. The predicted octanol–water partition coefficient (Wildman–Crippen LogP) is 5.46. The number of piperazine rings is 1. The predicted molar refractivity (Wildman–Crippen MR) is 114 cm³/mol. The van der Waals surface area contributed by atoms with E-state index in [1.807, 2.05) is 12.1 Å². The summed E-state index contributed by atoms with van der Waals surface area (Å²) in [4.78, 5) is 2.54. The molecule has 0 bridgehead atoms. The van der Waals surface area contributed by atoms with Crippen molar-refractivity contribution in [2.45, 2.75) is 19.5 Å². The molecule has 3 heteroatoms. The highest BCUT2D eigenvalue weighted by molar-refractivity contribution is 6.30. The zero-order chi connectivity index (χ0) is 18.6. The summed E-state index contributed by atoms with van der Waals surface area (Å²) in [6.07, 6.45) is 0. The van der Waals surface area contributed by atoms with E-state index >= 15 is 0 Å². The molecule has 1 heterocycles. The van der Waals surface area contributed by atoms with Crippen LogP contribution >= 0.6 is 11.6 Å². The van der Waals surface area contributed by atoms with Gasteiger partial charge in [-0.05, 0) is 46.9 Å². The zero-order valence-electron chi connectivity index (χ0n) is 15.7. The molecule has 1 atom stereocenters. The topological polar surface area (TPSA) is 15.3 Å². The lowest BCUT2D eigenvalue weighted by molar-refractivity contribution is 0.193. The van der Waals surface area contributed by atoms with Crippen LogP contribution < -0.4 is 5.32 Å². The minimum atomic E-state index is 0.410. The third kappa shape index (κ3) is 4.41. The molecular weight excluding hydrogens is 352 g/mol. The monoisotopic (exact) mass is 376 g/mol. The van der Waals surface area contributed by atoms with Crippen molar-refractivity contribution in [3.8, 4) is 11.1 Å². The van der Waals surface area contributed by atoms with Gasteiger partial charge < -0.3 is 5.32 Å². The van der Waals surface area contributed by atoms with Gasteiger partial charge in [0.15, 0.2) is 0 Å². The van der Waals surface area contributed by atoms with Crippen LogP contribution in [0.5, 0.6) is 0 Å². The van der Waals surface area contributed by atoms with E-state index in [1.165, 1.54) is 27.8 Å². The highest BCUT2D eigenvalue weighted by atomic mass is 35.5. The fraction of sp³-hybridized carbons (Fsp3) is 0.250. The molecule has 27 heavy (non-hydrogen) atoms. The van der Waals surface area contributed by atoms with Crippen LogP contribution in [-0.4, -0.2) is 24.5 Å². The Kier molecular flexibility index (Phi) is 5.58. The molecule has 1 unspecified atom stereocenters. The van der Waals surface area contributed by atoms with Crippen molar-refractivity contribution in [2.24, 2.45) is 0 Å². The first-order valence-corrected chi connectivity index (χ1v) is 9.93. The fourth-order valence-electron chi connectivity index (χ4n) is 3.82. The largest absolute Gasteiger partial charge is 0.308 e. The van der Waals surface area contributed by atoms with Crippen LogP contribution in [0.25, 0.3) is 11.1 Å². The number of benzene rings is 3. The molecular formula is C24H25ClN2. The van der Waals surface area contributed by atoms with E-state index < -0.39 is 0 Å². The van der Waals surface area contributed by atoms with Gasteiger partial charge in [-0.25, -0.2) is 0 Å². The number of rotatable bonds is 4. The van der Waals surface area contributed by atoms with Crippen LogP contribution in [0.2, 0.25) is 5.02 Å². The number of hydrogen-bond donors (Lipinski definition) is 1. The number of aryl methyl sites for hydroxylation is 1. The van der Waals surface area contributed by atoms with Crippen molar-refractivity contribution in [3.05, 3.63) is 94.5 Å². The van der Waals surface area contributed by atoms with Crippen molar-refractivity contribution in [2.75, 3.05) is 19.6 Å². The maximum Gasteiger partial charge on any atom is 0.0449 e. The Morgan fingerprint density at radius 1 is 1.00 bits per heavy atom. The molecule has 0 aromatic heterocycles. The molecule has 0 spiro atoms. The minimum Gasteiger partial charge on any atom is -0.308 e. The van der Waals surface area contributed by atoms with Crippen molar-refractivity contribution >= 4 is 11.6 Å². The summed E-state index contributed by atoms with van der Waals surface area (Å²) in [6, 6.07) is 26.1. The maximum absolute atomic E-state index is 6.18. The number of halogens is 1. The summed E-state index contributed by atoms with van der Waals surface area (Å²) < 4.78 is 0. The quantitative estimate of drug-likeness (QED) is 0.650. The lowest BCUT2D eigenvalue weighted by atomic mass is 9.99. The van der Waals surface area contributed by atoms with Gasteiger partial charge in [0.1, 0.15) is 0 Å². The Labute approximate surface area is 166 Å². The van der Waals surface area contributed by atoms with E-state index in [2.05, 4.69) is 77.8 Å². The van der Waals surface area contributed by atoms with E-state index in [1.54, 1.807) is 0 Å². The fourth-order valence-corrected chi connectivity index (χ4v) is 3.99. The Morgan fingerprint density at radius 2 is 1.78 bits per heavy atom. The molecule has 1 N–H and O–H groups in total. The number of nitrogens with one attached hydrogen (secondary N) is 1. The van der Waals surface area contributed by atoms with E-state index in [4.69, 9.17) is 11.6 Å². The van der Waals surface area contributed by atoms with Crippen LogP contribution in [0, 0.1) is 6.92 Å². The van der Waals surface area contributed by atoms with Crippen molar-refractivity contribution in [1.82, 2.24) is 10.2 Å². The van der Waals surface area contributed by atoms with Crippen molar-refractivity contribution in [3.63, 3.8) is 0 Å². The zero-order valence-corrected chi connectivity index (χ0v) is 16.4. The molecule has 0 amide bonds. The Bertz CT molecular complexity index is 890. The second-order valence-corrected chi connectivity index (χ2v) is 7.75. The lowest BCUT2D eigenvalue weighted by Crippen LogP contribution is -2.45. The first kappa shape index (κ1) is 18.2. The second-order valence-electron chi connectivity index (χ2n) is 7.31. The summed E-state index contributed by atoms with van der Waals surface area (Å²) in [5.74, 6) is 0. The van der Waals surface area contributed by atoms with Gasteiger partial charge in [0.2, 0.25) is 0 Å². The maximum atomic E-state index is 6.18. The molecule has 1 aliphatic heterocycles. The average Bonchev–Trinajstić information content (AvgIpc) is 2.71. The summed E-state index contributed by atoms with van der Waals surface area (Å²) >= 11 is 6.18. The molecule has 1 saturated heterocycles. The summed E-state index contributed by atoms with van der Waals surface area (Å²) in [7, 11) is 0. The summed E-state index contributed by atoms with van der Waals surface area (Å²) in [6.45, 7) is 6.26. The van der Waals surface area contributed by atoms with Gasteiger partial charge in [0, 0.05) is 37.2 Å². The molecule has 0 saturated carbocycles. The third-order valence-corrected chi connectivity index (χ3v) is 5.57. The van der Waals surface area contributed by atoms with E-state index in [0.29, 0.717) is 6.04 Å². The van der Waals surface area contributed by atoms with E-state index in [9.17, 15) is 0 Å². The molecule has 1 aliphatic rings. The lowest BCUT2D eigenvalue weighted by Gasteiger charge is -2.34. The number of nitrogens with zero attached hydrogens (tertiary/aromatic N) is 1. The van der Waals surface area contributed by atoms with Gasteiger partial charge in [-0.1, -0.05) is 72.3 Å². The van der Waals surface area contributed by atoms with Crippen LogP contribution in [0.4, 0.5) is 0 Å². The normalized spacial score (nSPS) is 17.8. The van der Waals surface area contributed by atoms with Gasteiger partial charge in [0.25, 0.3) is 0 Å². The van der Waals surface area contributed by atoms with Crippen molar-refractivity contribution < 1.29 is 0 Å². The van der Waals surface area contributed by atoms with Gasteiger partial charge in [0.05, 0.1) is 0 Å². The van der Waals surface area contributed by atoms with E-state index in [0.717, 1.165) is 31.2 Å². The highest BCUT2D eigenvalue weighted by Gasteiger charge is 2.20. The summed E-state index contributed by atoms with van der Waals surface area (Å²) in [5, 5.41) is 4.42. The van der Waals surface area contributed by atoms with Gasteiger partial charge in [-0.2, -0.15) is 0 Å². The Hall–Kier alpha value is -2.13. The van der Waals surface area contributed by atoms with Gasteiger partial charge >= 0.3 is 0 Å². The number of hydrogen-bond acceptors (Lipinski definition) is 2. The van der Waals surface area contributed by atoms with Gasteiger partial charge in [-0.15, -0.1) is 0 Å². The molecule has 1 fully saturated rings. The summed E-state index contributed by atoms with van der Waals surface area (Å²) in [5.41, 5.74) is 6.41. The van der Waals surface area contributed by atoms with Crippen LogP contribution in [-0.2, 0) is 6.54 Å². The van der Waals surface area contributed by atoms with E-state index in [-0.39, 0.29) is 0 Å². The molecule has 138 valence electrons. The molecule has 4 rings (SSSR count). The average molecular weight is 377 g/mol. The second kappa shape index (κ2) is 8.26. The minimum absolute atomic E-state index is 0.410. The molecule has 3 aromatic rings. The van der Waals surface area contributed by atoms with Crippen molar-refractivity contribution in [1.29, 1.82) is 0 Å². The van der Waals surface area contributed by atoms with Gasteiger partial charge in [-0.3, -0.25) is 4.90 Å². The highest BCUT2D eigenvalue weighted by Crippen LogP contribution is 2.27. The van der Waals surface area contributed by atoms with Crippen LogP contribution in [0.3, 0.4) is 0 Å². The van der Waals surface area contributed by atoms with Crippen LogP contribution in [0.1, 0.15) is 22.7 Å². The third-order valence-electron chi connectivity index (χ3n) is 5.33.